The number of nitrogens with zero attached hydrogens (tertiary/aromatic N) is 3. The van der Waals surface area contributed by atoms with Crippen LogP contribution in [0.4, 0.5) is 0 Å². The zero-order chi connectivity index (χ0) is 12.5. The van der Waals surface area contributed by atoms with E-state index in [9.17, 15) is 4.79 Å². The van der Waals surface area contributed by atoms with Gasteiger partial charge in [0.05, 0.1) is 0 Å². The van der Waals surface area contributed by atoms with Gasteiger partial charge in [-0.25, -0.2) is 0 Å². The predicted molar refractivity (Wildman–Crippen MR) is 69.5 cm³/mol. The number of hydrogen-bond acceptors (Lipinski definition) is 3. The minimum absolute atomic E-state index is 0.161. The fourth-order valence-electron chi connectivity index (χ4n) is 2.67. The lowest BCUT2D eigenvalue weighted by Gasteiger charge is -2.43. The molecule has 0 aromatic carbocycles. The number of nitrogens with one attached hydrogen (secondary N) is 1. The standard InChI is InChI=1S/C13H20N4O/c1-15-4-2-3-12(15)13(18)17-7-5-16(6-8-17)11-9-14-10-11/h2-4,11,14H,5-10H2,1H3. The molecule has 1 aromatic heterocycles. The van der Waals surface area contributed by atoms with Crippen molar-refractivity contribution in [3.8, 4) is 0 Å². The zero-order valence-electron chi connectivity index (χ0n) is 10.8. The Labute approximate surface area is 107 Å². The third-order valence-electron chi connectivity index (χ3n) is 4.04. The van der Waals surface area contributed by atoms with Gasteiger partial charge in [0.2, 0.25) is 0 Å². The third-order valence-corrected chi connectivity index (χ3v) is 4.04. The summed E-state index contributed by atoms with van der Waals surface area (Å²) in [4.78, 5) is 16.8. The third kappa shape index (κ3) is 2.04. The van der Waals surface area contributed by atoms with Crippen molar-refractivity contribution >= 4 is 5.91 Å². The van der Waals surface area contributed by atoms with Crippen molar-refractivity contribution in [1.29, 1.82) is 0 Å². The molecule has 0 radical (unpaired) electrons. The van der Waals surface area contributed by atoms with Crippen molar-refractivity contribution in [3.63, 3.8) is 0 Å². The fourth-order valence-corrected chi connectivity index (χ4v) is 2.67. The second kappa shape index (κ2) is 4.74. The molecule has 0 bridgehead atoms. The Morgan fingerprint density at radius 2 is 2.00 bits per heavy atom. The fraction of sp³-hybridized carbons (Fsp3) is 0.615. The maximum absolute atomic E-state index is 12.3. The van der Waals surface area contributed by atoms with E-state index in [1.165, 1.54) is 0 Å². The van der Waals surface area contributed by atoms with Gasteiger partial charge < -0.3 is 14.8 Å². The van der Waals surface area contributed by atoms with Crippen LogP contribution in [0.15, 0.2) is 18.3 Å². The highest BCUT2D eigenvalue weighted by molar-refractivity contribution is 5.92. The lowest BCUT2D eigenvalue weighted by molar-refractivity contribution is 0.0494. The molecule has 0 unspecified atom stereocenters. The highest BCUT2D eigenvalue weighted by atomic mass is 16.2. The molecule has 5 nitrogen and oxygen atoms in total. The molecule has 98 valence electrons. The van der Waals surface area contributed by atoms with Crippen LogP contribution in [-0.4, -0.2) is 65.6 Å². The van der Waals surface area contributed by atoms with E-state index in [0.29, 0.717) is 6.04 Å². The maximum atomic E-state index is 12.3. The van der Waals surface area contributed by atoms with Crippen LogP contribution in [0.1, 0.15) is 10.5 Å². The number of carbonyl (C=O) groups excluding carboxylic acids is 1. The predicted octanol–water partition coefficient (Wildman–Crippen LogP) is -0.245. The highest BCUT2D eigenvalue weighted by Crippen LogP contribution is 2.12. The Morgan fingerprint density at radius 3 is 2.50 bits per heavy atom. The van der Waals surface area contributed by atoms with Gasteiger partial charge in [-0.2, -0.15) is 0 Å². The molecule has 0 atom stereocenters. The summed E-state index contributed by atoms with van der Waals surface area (Å²) in [5.74, 6) is 0.161. The normalized spacial score (nSPS) is 21.9. The molecule has 1 aromatic rings. The van der Waals surface area contributed by atoms with Crippen LogP contribution in [-0.2, 0) is 7.05 Å². The molecule has 18 heavy (non-hydrogen) atoms. The van der Waals surface area contributed by atoms with Gasteiger partial charge in [-0.1, -0.05) is 0 Å². The van der Waals surface area contributed by atoms with E-state index in [2.05, 4.69) is 10.2 Å². The number of piperazine rings is 1. The quantitative estimate of drug-likeness (QED) is 0.785. The maximum Gasteiger partial charge on any atom is 0.270 e. The smallest absolute Gasteiger partial charge is 0.270 e. The molecule has 1 N–H and O–H groups in total. The van der Waals surface area contributed by atoms with E-state index in [0.717, 1.165) is 45.0 Å². The molecule has 0 aliphatic carbocycles. The van der Waals surface area contributed by atoms with Gasteiger partial charge in [-0.05, 0) is 12.1 Å². The number of rotatable bonds is 2. The number of aryl methyl sites for hydroxylation is 1. The molecule has 1 amide bonds. The van der Waals surface area contributed by atoms with Crippen LogP contribution < -0.4 is 5.32 Å². The zero-order valence-corrected chi connectivity index (χ0v) is 10.8. The first kappa shape index (κ1) is 11.7. The van der Waals surface area contributed by atoms with E-state index < -0.39 is 0 Å². The summed E-state index contributed by atoms with van der Waals surface area (Å²) >= 11 is 0. The first-order valence-corrected chi connectivity index (χ1v) is 6.61. The Kier molecular flexibility index (Phi) is 3.09. The summed E-state index contributed by atoms with van der Waals surface area (Å²) in [6, 6.07) is 4.51. The average molecular weight is 248 g/mol. The van der Waals surface area contributed by atoms with Gasteiger partial charge in [0.1, 0.15) is 5.69 Å². The van der Waals surface area contributed by atoms with E-state index in [4.69, 9.17) is 0 Å². The Hall–Kier alpha value is -1.33. The highest BCUT2D eigenvalue weighted by Gasteiger charge is 2.29. The molecule has 2 saturated heterocycles. The molecular weight excluding hydrogens is 228 g/mol. The van der Waals surface area contributed by atoms with Crippen LogP contribution in [0.5, 0.6) is 0 Å². The van der Waals surface area contributed by atoms with Gasteiger partial charge in [0.15, 0.2) is 0 Å². The van der Waals surface area contributed by atoms with Crippen molar-refractivity contribution < 1.29 is 4.79 Å². The van der Waals surface area contributed by atoms with Crippen LogP contribution in [0.2, 0.25) is 0 Å². The lowest BCUT2D eigenvalue weighted by Crippen LogP contribution is -2.62. The minimum atomic E-state index is 0.161. The van der Waals surface area contributed by atoms with Gasteiger partial charge in [0, 0.05) is 58.6 Å². The molecule has 3 rings (SSSR count). The summed E-state index contributed by atoms with van der Waals surface area (Å²) in [7, 11) is 1.92. The van der Waals surface area contributed by atoms with E-state index in [1.807, 2.05) is 34.8 Å². The molecular formula is C13H20N4O. The van der Waals surface area contributed by atoms with Crippen LogP contribution >= 0.6 is 0 Å². The first-order chi connectivity index (χ1) is 8.75. The molecule has 2 aliphatic heterocycles. The molecule has 5 heteroatoms. The average Bonchev–Trinajstić information content (AvgIpc) is 2.73. The Morgan fingerprint density at radius 1 is 1.28 bits per heavy atom. The monoisotopic (exact) mass is 248 g/mol. The van der Waals surface area contributed by atoms with Gasteiger partial charge in [-0.3, -0.25) is 9.69 Å². The van der Waals surface area contributed by atoms with E-state index >= 15 is 0 Å². The number of amides is 1. The molecule has 2 fully saturated rings. The van der Waals surface area contributed by atoms with Crippen molar-refractivity contribution in [1.82, 2.24) is 19.7 Å². The van der Waals surface area contributed by atoms with Crippen molar-refractivity contribution in [2.24, 2.45) is 7.05 Å². The summed E-state index contributed by atoms with van der Waals surface area (Å²) in [6.07, 6.45) is 1.92. The van der Waals surface area contributed by atoms with Crippen LogP contribution in [0.3, 0.4) is 0 Å². The second-order valence-corrected chi connectivity index (χ2v) is 5.14. The largest absolute Gasteiger partial charge is 0.347 e. The lowest BCUT2D eigenvalue weighted by atomic mass is 10.1. The van der Waals surface area contributed by atoms with Crippen molar-refractivity contribution in [2.75, 3.05) is 39.3 Å². The number of hydrogen-bond donors (Lipinski definition) is 1. The second-order valence-electron chi connectivity index (χ2n) is 5.14. The van der Waals surface area contributed by atoms with Crippen molar-refractivity contribution in [2.45, 2.75) is 6.04 Å². The molecule has 3 heterocycles. The van der Waals surface area contributed by atoms with E-state index in [1.54, 1.807) is 0 Å². The van der Waals surface area contributed by atoms with Crippen LogP contribution in [0.25, 0.3) is 0 Å². The number of aromatic nitrogens is 1. The summed E-state index contributed by atoms with van der Waals surface area (Å²) in [5, 5.41) is 3.30. The summed E-state index contributed by atoms with van der Waals surface area (Å²) in [5.41, 5.74) is 0.786. The molecule has 0 spiro atoms. The summed E-state index contributed by atoms with van der Waals surface area (Å²) < 4.78 is 1.89. The molecule has 2 aliphatic rings. The molecule has 0 saturated carbocycles. The first-order valence-electron chi connectivity index (χ1n) is 6.61. The van der Waals surface area contributed by atoms with Gasteiger partial charge in [0.25, 0.3) is 5.91 Å². The van der Waals surface area contributed by atoms with Crippen LogP contribution in [0, 0.1) is 0 Å². The van der Waals surface area contributed by atoms with Crippen molar-refractivity contribution in [3.05, 3.63) is 24.0 Å². The van der Waals surface area contributed by atoms with E-state index in [-0.39, 0.29) is 5.91 Å². The summed E-state index contributed by atoms with van der Waals surface area (Å²) in [6.45, 7) is 5.91. The van der Waals surface area contributed by atoms with Gasteiger partial charge >= 0.3 is 0 Å². The Bertz CT molecular complexity index is 430. The van der Waals surface area contributed by atoms with Gasteiger partial charge in [-0.15, -0.1) is 0 Å². The number of carbonyl (C=O) groups is 1. The SMILES string of the molecule is Cn1cccc1C(=O)N1CCN(C2CNC2)CC1. The Balaban J connectivity index is 1.59. The minimum Gasteiger partial charge on any atom is -0.347 e. The topological polar surface area (TPSA) is 40.5 Å².